The van der Waals surface area contributed by atoms with Crippen LogP contribution in [0.5, 0.6) is 0 Å². The quantitative estimate of drug-likeness (QED) is 0.455. The number of nitrogens with one attached hydrogen (secondary N) is 1. The van der Waals surface area contributed by atoms with E-state index >= 15 is 0 Å². The van der Waals surface area contributed by atoms with Gasteiger partial charge in [-0.05, 0) is 44.0 Å². The summed E-state index contributed by atoms with van der Waals surface area (Å²) in [6, 6.07) is 6.35. The summed E-state index contributed by atoms with van der Waals surface area (Å²) in [6.45, 7) is 3.42. The maximum atomic E-state index is 12.8. The van der Waals surface area contributed by atoms with Gasteiger partial charge in [-0.1, -0.05) is 6.92 Å². The summed E-state index contributed by atoms with van der Waals surface area (Å²) in [4.78, 5) is 40.3. The molecule has 2 aromatic rings. The molecule has 1 aliphatic heterocycles. The molecule has 178 valence electrons. The van der Waals surface area contributed by atoms with Crippen LogP contribution in [0.15, 0.2) is 35.5 Å². The molecule has 1 saturated heterocycles. The van der Waals surface area contributed by atoms with Crippen molar-refractivity contribution in [2.45, 2.75) is 38.1 Å². The van der Waals surface area contributed by atoms with E-state index < -0.39 is 28.5 Å². The van der Waals surface area contributed by atoms with Gasteiger partial charge in [-0.15, -0.1) is 0 Å². The number of carbonyl (C=O) groups is 3. The van der Waals surface area contributed by atoms with Crippen LogP contribution in [-0.4, -0.2) is 59.6 Å². The number of sulfonamides is 1. The molecule has 33 heavy (non-hydrogen) atoms. The fourth-order valence-corrected chi connectivity index (χ4v) is 4.94. The highest BCUT2D eigenvalue weighted by atomic mass is 32.2. The van der Waals surface area contributed by atoms with Gasteiger partial charge >= 0.3 is 5.97 Å². The lowest BCUT2D eigenvalue weighted by Gasteiger charge is -2.29. The van der Waals surface area contributed by atoms with Gasteiger partial charge in [-0.2, -0.15) is 4.31 Å². The number of anilines is 1. The van der Waals surface area contributed by atoms with Crippen molar-refractivity contribution in [2.24, 2.45) is 13.0 Å². The molecular weight excluding hydrogens is 448 g/mol. The highest BCUT2D eigenvalue weighted by Gasteiger charge is 2.34. The summed E-state index contributed by atoms with van der Waals surface area (Å²) < 4.78 is 33.7. The van der Waals surface area contributed by atoms with Crippen molar-refractivity contribution in [3.05, 3.63) is 41.9 Å². The van der Waals surface area contributed by atoms with E-state index in [4.69, 9.17) is 4.74 Å². The number of aromatic nitrogens is 2. The summed E-state index contributed by atoms with van der Waals surface area (Å²) >= 11 is 0. The van der Waals surface area contributed by atoms with Crippen molar-refractivity contribution in [2.75, 3.05) is 25.0 Å². The van der Waals surface area contributed by atoms with E-state index in [9.17, 15) is 22.8 Å². The first-order chi connectivity index (χ1) is 15.6. The number of piperidine rings is 1. The van der Waals surface area contributed by atoms with Gasteiger partial charge in [0.15, 0.2) is 17.4 Å². The number of benzene rings is 1. The van der Waals surface area contributed by atoms with Crippen molar-refractivity contribution in [3.8, 4) is 0 Å². The summed E-state index contributed by atoms with van der Waals surface area (Å²) in [6.07, 6.45) is 2.44. The van der Waals surface area contributed by atoms with Gasteiger partial charge in [0.05, 0.1) is 5.92 Å². The van der Waals surface area contributed by atoms with Gasteiger partial charge in [0.1, 0.15) is 5.82 Å². The minimum atomic E-state index is -3.72. The zero-order chi connectivity index (χ0) is 24.2. The van der Waals surface area contributed by atoms with Crippen LogP contribution in [0, 0.1) is 12.8 Å². The Hall–Kier alpha value is -3.05. The number of ketones is 1. The molecule has 0 aliphatic carbocycles. The number of imidazole rings is 1. The fraction of sp³-hybridized carbons (Fsp3) is 0.455. The molecule has 0 unspecified atom stereocenters. The lowest BCUT2D eigenvalue weighted by molar-refractivity contribution is -0.148. The highest BCUT2D eigenvalue weighted by Crippen LogP contribution is 2.24. The zero-order valence-electron chi connectivity index (χ0n) is 18.9. The number of aryl methyl sites for hydroxylation is 2. The smallest absolute Gasteiger partial charge is 0.309 e. The molecule has 3 rings (SSSR count). The van der Waals surface area contributed by atoms with Crippen LogP contribution in [0.25, 0.3) is 0 Å². The van der Waals surface area contributed by atoms with E-state index in [0.717, 1.165) is 0 Å². The van der Waals surface area contributed by atoms with E-state index in [1.54, 1.807) is 49.7 Å². The molecule has 0 spiro atoms. The molecular formula is C22H28N4O6S. The molecule has 0 radical (unpaired) electrons. The van der Waals surface area contributed by atoms with Crippen LogP contribution >= 0.6 is 0 Å². The number of nitrogens with zero attached hydrogens (tertiary/aromatic N) is 3. The van der Waals surface area contributed by atoms with Gasteiger partial charge in [0, 0.05) is 44.0 Å². The molecule has 1 N–H and O–H groups in total. The predicted octanol–water partition coefficient (Wildman–Crippen LogP) is 1.90. The topological polar surface area (TPSA) is 128 Å². The van der Waals surface area contributed by atoms with E-state index in [0.29, 0.717) is 36.3 Å². The summed E-state index contributed by atoms with van der Waals surface area (Å²) in [5, 5.41) is 2.69. The standard InChI is InChI=1S/C22H28N4O6S/c1-4-20(28)24-18-7-5-16(6-8-18)19(27)14-32-22(29)17-9-11-26(12-10-17)33(30,31)21-13-25(3)15(2)23-21/h5-8,13,17H,4,9-12,14H2,1-3H3,(H,24,28). The third-order valence-electron chi connectivity index (χ3n) is 5.64. The van der Waals surface area contributed by atoms with Crippen molar-refractivity contribution >= 4 is 33.4 Å². The predicted molar refractivity (Wildman–Crippen MR) is 120 cm³/mol. The largest absolute Gasteiger partial charge is 0.457 e. The number of hydrogen-bond donors (Lipinski definition) is 1. The molecule has 0 bridgehead atoms. The Bertz CT molecular complexity index is 1110. The van der Waals surface area contributed by atoms with Crippen LogP contribution < -0.4 is 5.32 Å². The average Bonchev–Trinajstić information content (AvgIpc) is 3.16. The normalized spacial score (nSPS) is 15.2. The van der Waals surface area contributed by atoms with Crippen LogP contribution in [-0.2, 0) is 31.4 Å². The number of Topliss-reactive ketones (excluding diaryl/α,β-unsaturated/α-hetero) is 1. The molecule has 10 nitrogen and oxygen atoms in total. The van der Waals surface area contributed by atoms with E-state index in [2.05, 4.69) is 10.3 Å². The van der Waals surface area contributed by atoms with E-state index in [-0.39, 0.29) is 29.8 Å². The first-order valence-electron chi connectivity index (χ1n) is 10.7. The Kier molecular flexibility index (Phi) is 7.65. The Morgan fingerprint density at radius 2 is 1.79 bits per heavy atom. The third-order valence-corrected chi connectivity index (χ3v) is 7.41. The van der Waals surface area contributed by atoms with E-state index in [1.807, 2.05) is 0 Å². The molecule has 1 aliphatic rings. The molecule has 1 amide bonds. The number of rotatable bonds is 8. The Morgan fingerprint density at radius 1 is 1.15 bits per heavy atom. The Labute approximate surface area is 193 Å². The van der Waals surface area contributed by atoms with Crippen molar-refractivity contribution in [1.82, 2.24) is 13.9 Å². The Balaban J connectivity index is 1.49. The third kappa shape index (κ3) is 5.85. The van der Waals surface area contributed by atoms with Crippen molar-refractivity contribution in [3.63, 3.8) is 0 Å². The number of carbonyl (C=O) groups excluding carboxylic acids is 3. The monoisotopic (exact) mass is 476 g/mol. The molecule has 1 aromatic carbocycles. The second-order valence-electron chi connectivity index (χ2n) is 7.93. The maximum Gasteiger partial charge on any atom is 0.309 e. The molecule has 0 saturated carbocycles. The average molecular weight is 477 g/mol. The number of amides is 1. The lowest BCUT2D eigenvalue weighted by Crippen LogP contribution is -2.41. The first kappa shape index (κ1) is 24.6. The Morgan fingerprint density at radius 3 is 2.33 bits per heavy atom. The van der Waals surface area contributed by atoms with Crippen LogP contribution in [0.3, 0.4) is 0 Å². The van der Waals surface area contributed by atoms with Crippen molar-refractivity contribution < 1.29 is 27.5 Å². The SMILES string of the molecule is CCC(=O)Nc1ccc(C(=O)COC(=O)C2CCN(S(=O)(=O)c3cn(C)c(C)n3)CC2)cc1. The second kappa shape index (κ2) is 10.3. The number of ether oxygens (including phenoxy) is 1. The summed E-state index contributed by atoms with van der Waals surface area (Å²) in [5.74, 6) is -0.876. The minimum absolute atomic E-state index is 0.00518. The summed E-state index contributed by atoms with van der Waals surface area (Å²) in [5.41, 5.74) is 0.946. The van der Waals surface area contributed by atoms with Gasteiger partial charge in [-0.25, -0.2) is 13.4 Å². The molecule has 0 atom stereocenters. The maximum absolute atomic E-state index is 12.8. The lowest BCUT2D eigenvalue weighted by atomic mass is 9.98. The molecule has 1 aromatic heterocycles. The second-order valence-corrected chi connectivity index (χ2v) is 9.81. The van der Waals surface area contributed by atoms with Crippen LogP contribution in [0.4, 0.5) is 5.69 Å². The fourth-order valence-electron chi connectivity index (χ4n) is 3.44. The molecule has 1 fully saturated rings. The number of esters is 1. The minimum Gasteiger partial charge on any atom is -0.457 e. The van der Waals surface area contributed by atoms with Gasteiger partial charge < -0.3 is 14.6 Å². The molecule has 2 heterocycles. The van der Waals surface area contributed by atoms with Gasteiger partial charge in [0.25, 0.3) is 10.0 Å². The number of hydrogen-bond acceptors (Lipinski definition) is 7. The van der Waals surface area contributed by atoms with Gasteiger partial charge in [-0.3, -0.25) is 14.4 Å². The van der Waals surface area contributed by atoms with E-state index in [1.165, 1.54) is 10.5 Å². The van der Waals surface area contributed by atoms with Crippen LogP contribution in [0.1, 0.15) is 42.4 Å². The highest BCUT2D eigenvalue weighted by molar-refractivity contribution is 7.89. The van der Waals surface area contributed by atoms with Gasteiger partial charge in [0.2, 0.25) is 5.91 Å². The van der Waals surface area contributed by atoms with Crippen molar-refractivity contribution in [1.29, 1.82) is 0 Å². The first-order valence-corrected chi connectivity index (χ1v) is 12.2. The summed E-state index contributed by atoms with van der Waals surface area (Å²) in [7, 11) is -1.99. The molecule has 11 heteroatoms. The zero-order valence-corrected chi connectivity index (χ0v) is 19.7. The van der Waals surface area contributed by atoms with Crippen LogP contribution in [0.2, 0.25) is 0 Å².